The number of carbonyl (C=O) groups excluding carboxylic acids is 3. The Kier molecular flexibility index (Phi) is 6.87. The van der Waals surface area contributed by atoms with E-state index in [1.807, 2.05) is 0 Å². The quantitative estimate of drug-likeness (QED) is 0.227. The molecule has 0 radical (unpaired) electrons. The van der Waals surface area contributed by atoms with E-state index in [0.29, 0.717) is 11.1 Å². The Hall–Kier alpha value is -3.03. The number of pyridine rings is 1. The van der Waals surface area contributed by atoms with Crippen LogP contribution >= 0.6 is 23.2 Å². The van der Waals surface area contributed by atoms with Crippen LogP contribution in [0.3, 0.4) is 0 Å². The summed E-state index contributed by atoms with van der Waals surface area (Å²) in [4.78, 5) is 49.1. The summed E-state index contributed by atoms with van der Waals surface area (Å²) in [5, 5.41) is 0.440. The molecule has 2 aromatic carbocycles. The second-order valence-corrected chi connectivity index (χ2v) is 7.47. The van der Waals surface area contributed by atoms with Crippen molar-refractivity contribution in [2.24, 2.45) is 0 Å². The molecule has 0 N–H and O–H groups in total. The zero-order valence-corrected chi connectivity index (χ0v) is 17.8. The number of benzene rings is 2. The summed E-state index contributed by atoms with van der Waals surface area (Å²) in [6.45, 7) is 1.69. The van der Waals surface area contributed by atoms with Gasteiger partial charge in [-0.15, -0.1) is 0 Å². The first-order valence-electron chi connectivity index (χ1n) is 9.21. The van der Waals surface area contributed by atoms with E-state index in [4.69, 9.17) is 23.2 Å². The van der Waals surface area contributed by atoms with Crippen LogP contribution in [0.25, 0.3) is 10.9 Å². The molecule has 0 aliphatic carbocycles. The predicted octanol–water partition coefficient (Wildman–Crippen LogP) is 4.20. The molecule has 6 nitrogen and oxygen atoms in total. The van der Waals surface area contributed by atoms with Crippen molar-refractivity contribution in [1.82, 2.24) is 4.57 Å². The Morgan fingerprint density at radius 3 is 2.35 bits per heavy atom. The van der Waals surface area contributed by atoms with Crippen molar-refractivity contribution in [1.29, 1.82) is 0 Å². The normalized spacial score (nSPS) is 10.8. The summed E-state index contributed by atoms with van der Waals surface area (Å²) in [6, 6.07) is 8.52. The van der Waals surface area contributed by atoms with Crippen molar-refractivity contribution in [3.63, 3.8) is 0 Å². The van der Waals surface area contributed by atoms with Crippen LogP contribution in [-0.2, 0) is 20.9 Å². The molecule has 0 fully saturated rings. The van der Waals surface area contributed by atoms with Gasteiger partial charge in [-0.05, 0) is 36.8 Å². The molecular formula is C22H16Cl2FNO5. The minimum Gasteiger partial charge on any atom is -0.460 e. The molecule has 0 saturated carbocycles. The van der Waals surface area contributed by atoms with Gasteiger partial charge < -0.3 is 9.30 Å². The minimum atomic E-state index is -1.14. The van der Waals surface area contributed by atoms with Crippen LogP contribution < -0.4 is 5.43 Å². The number of ketones is 2. The Morgan fingerprint density at radius 1 is 1.06 bits per heavy atom. The van der Waals surface area contributed by atoms with E-state index >= 15 is 0 Å². The highest BCUT2D eigenvalue weighted by Crippen LogP contribution is 2.27. The Labute approximate surface area is 186 Å². The average Bonchev–Trinajstić information content (AvgIpc) is 2.73. The summed E-state index contributed by atoms with van der Waals surface area (Å²) in [5.74, 6) is -3.43. The molecule has 0 amide bonds. The molecular weight excluding hydrogens is 448 g/mol. The molecule has 9 heteroatoms. The summed E-state index contributed by atoms with van der Waals surface area (Å²) >= 11 is 12.2. The lowest BCUT2D eigenvalue weighted by Gasteiger charge is -2.14. The summed E-state index contributed by atoms with van der Waals surface area (Å²) < 4.78 is 19.4. The van der Waals surface area contributed by atoms with Gasteiger partial charge in [-0.3, -0.25) is 14.4 Å². The first kappa shape index (κ1) is 22.7. The number of aromatic nitrogens is 1. The molecule has 1 heterocycles. The number of Topliss-reactive ketones (excluding diaryl/α,β-unsaturated/α-hetero) is 2. The number of esters is 1. The zero-order valence-electron chi connectivity index (χ0n) is 16.3. The van der Waals surface area contributed by atoms with Gasteiger partial charge in [-0.25, -0.2) is 9.18 Å². The standard InChI is InChI=1S/C22H16Cl2FNO5/c1-2-31-22(30)20(28)9-19(27)15-11-26(10-12-3-5-13(25)6-4-12)18-8-17(24)16(23)7-14(18)21(15)29/h3-8,11H,2,9-10H2,1H3. The molecule has 0 bridgehead atoms. The fraction of sp³-hybridized carbons (Fsp3) is 0.182. The number of fused-ring (bicyclic) bond motifs is 1. The number of carbonyl (C=O) groups is 3. The summed E-state index contributed by atoms with van der Waals surface area (Å²) in [5.41, 5.74) is 0.159. The van der Waals surface area contributed by atoms with Crippen LogP contribution in [0.2, 0.25) is 10.0 Å². The van der Waals surface area contributed by atoms with Crippen LogP contribution in [0.15, 0.2) is 47.4 Å². The van der Waals surface area contributed by atoms with Gasteiger partial charge in [-0.2, -0.15) is 0 Å². The third-order valence-electron chi connectivity index (χ3n) is 4.51. The third-order valence-corrected chi connectivity index (χ3v) is 5.24. The van der Waals surface area contributed by atoms with Crippen LogP contribution in [-0.4, -0.2) is 28.7 Å². The molecule has 0 saturated heterocycles. The van der Waals surface area contributed by atoms with Crippen LogP contribution in [0, 0.1) is 5.82 Å². The first-order valence-corrected chi connectivity index (χ1v) is 9.96. The molecule has 160 valence electrons. The summed E-state index contributed by atoms with van der Waals surface area (Å²) in [7, 11) is 0. The Balaban J connectivity index is 2.10. The summed E-state index contributed by atoms with van der Waals surface area (Å²) in [6.07, 6.45) is 0.483. The largest absolute Gasteiger partial charge is 0.460 e. The molecule has 1 aromatic heterocycles. The minimum absolute atomic E-state index is 0.0154. The number of ether oxygens (including phenoxy) is 1. The van der Waals surface area contributed by atoms with Crippen molar-refractivity contribution in [2.75, 3.05) is 6.61 Å². The van der Waals surface area contributed by atoms with E-state index in [1.165, 1.54) is 37.4 Å². The number of rotatable bonds is 7. The molecule has 0 aliphatic heterocycles. The van der Waals surface area contributed by atoms with Gasteiger partial charge in [-0.1, -0.05) is 35.3 Å². The molecule has 0 aliphatic rings. The SMILES string of the molecule is CCOC(=O)C(=O)CC(=O)c1cn(Cc2ccc(F)cc2)c2cc(Cl)c(Cl)cc2c1=O. The lowest BCUT2D eigenvalue weighted by atomic mass is 10.0. The van der Waals surface area contributed by atoms with Crippen molar-refractivity contribution in [2.45, 2.75) is 19.9 Å². The van der Waals surface area contributed by atoms with Gasteiger partial charge in [0, 0.05) is 18.1 Å². The molecule has 3 aromatic rings. The van der Waals surface area contributed by atoms with Crippen molar-refractivity contribution >= 4 is 51.6 Å². The van der Waals surface area contributed by atoms with Crippen molar-refractivity contribution < 1.29 is 23.5 Å². The highest BCUT2D eigenvalue weighted by atomic mass is 35.5. The molecule has 31 heavy (non-hydrogen) atoms. The van der Waals surface area contributed by atoms with Gasteiger partial charge in [0.2, 0.25) is 5.78 Å². The van der Waals surface area contributed by atoms with Crippen molar-refractivity contribution in [3.05, 3.63) is 79.8 Å². The van der Waals surface area contributed by atoms with Crippen LogP contribution in [0.5, 0.6) is 0 Å². The maximum absolute atomic E-state index is 13.2. The van der Waals surface area contributed by atoms with Crippen LogP contribution in [0.4, 0.5) is 4.39 Å². The molecule has 0 spiro atoms. The number of hydrogen-bond acceptors (Lipinski definition) is 5. The van der Waals surface area contributed by atoms with Gasteiger partial charge in [0.15, 0.2) is 11.2 Å². The van der Waals surface area contributed by atoms with E-state index in [1.54, 1.807) is 16.7 Å². The third kappa shape index (κ3) is 5.00. The van der Waals surface area contributed by atoms with Gasteiger partial charge >= 0.3 is 5.97 Å². The second kappa shape index (κ2) is 9.41. The van der Waals surface area contributed by atoms with Crippen molar-refractivity contribution in [3.8, 4) is 0 Å². The molecule has 3 rings (SSSR count). The van der Waals surface area contributed by atoms with E-state index < -0.39 is 35.2 Å². The van der Waals surface area contributed by atoms with Gasteiger partial charge in [0.1, 0.15) is 5.82 Å². The smallest absolute Gasteiger partial charge is 0.375 e. The highest BCUT2D eigenvalue weighted by molar-refractivity contribution is 6.42. The van der Waals surface area contributed by atoms with E-state index in [9.17, 15) is 23.6 Å². The Morgan fingerprint density at radius 2 is 1.71 bits per heavy atom. The topological polar surface area (TPSA) is 82.4 Å². The van der Waals surface area contributed by atoms with Gasteiger partial charge in [0.05, 0.1) is 34.2 Å². The fourth-order valence-electron chi connectivity index (χ4n) is 3.03. The Bertz CT molecular complexity index is 1250. The van der Waals surface area contributed by atoms with E-state index in [-0.39, 0.29) is 34.1 Å². The average molecular weight is 464 g/mol. The number of halogens is 3. The number of nitrogens with zero attached hydrogens (tertiary/aromatic N) is 1. The maximum atomic E-state index is 13.2. The lowest BCUT2D eigenvalue weighted by molar-refractivity contribution is -0.153. The molecule has 0 atom stereocenters. The van der Waals surface area contributed by atoms with Crippen LogP contribution in [0.1, 0.15) is 29.3 Å². The first-order chi connectivity index (χ1) is 14.7. The van der Waals surface area contributed by atoms with E-state index in [0.717, 1.165) is 0 Å². The lowest BCUT2D eigenvalue weighted by Crippen LogP contribution is -2.25. The maximum Gasteiger partial charge on any atom is 0.375 e. The monoisotopic (exact) mass is 463 g/mol. The predicted molar refractivity (Wildman–Crippen MR) is 114 cm³/mol. The number of hydrogen-bond donors (Lipinski definition) is 0. The van der Waals surface area contributed by atoms with E-state index in [2.05, 4.69) is 4.74 Å². The second-order valence-electron chi connectivity index (χ2n) is 6.65. The van der Waals surface area contributed by atoms with Gasteiger partial charge in [0.25, 0.3) is 0 Å². The fourth-order valence-corrected chi connectivity index (χ4v) is 3.35. The zero-order chi connectivity index (χ0) is 22.7. The highest BCUT2D eigenvalue weighted by Gasteiger charge is 2.23. The molecule has 0 unspecified atom stereocenters.